The van der Waals surface area contributed by atoms with Crippen molar-refractivity contribution in [1.82, 2.24) is 0 Å². The molecule has 1 fully saturated rings. The molecule has 0 spiro atoms. The molecule has 0 bridgehead atoms. The molecular formula is C15H22O5. The fraction of sp³-hybridized carbons (Fsp3) is 0.600. The van der Waals surface area contributed by atoms with Crippen LogP contribution in [0.5, 0.6) is 11.5 Å². The highest BCUT2D eigenvalue weighted by molar-refractivity contribution is 5.42. The second-order valence-electron chi connectivity index (χ2n) is 4.78. The van der Waals surface area contributed by atoms with Crippen LogP contribution in [0.3, 0.4) is 0 Å². The first kappa shape index (κ1) is 15.1. The second-order valence-corrected chi connectivity index (χ2v) is 4.78. The Morgan fingerprint density at radius 2 is 2.25 bits per heavy atom. The van der Waals surface area contributed by atoms with Gasteiger partial charge in [0.1, 0.15) is 6.10 Å². The van der Waals surface area contributed by atoms with Gasteiger partial charge in [-0.2, -0.15) is 0 Å². The van der Waals surface area contributed by atoms with E-state index in [2.05, 4.69) is 6.92 Å². The normalized spacial score (nSPS) is 22.1. The Labute approximate surface area is 119 Å². The summed E-state index contributed by atoms with van der Waals surface area (Å²) in [5, 5.41) is 9.57. The lowest BCUT2D eigenvalue weighted by atomic mass is 10.2. The third-order valence-electron chi connectivity index (χ3n) is 3.17. The molecule has 2 rings (SSSR count). The van der Waals surface area contributed by atoms with Crippen molar-refractivity contribution in [3.8, 4) is 11.5 Å². The summed E-state index contributed by atoms with van der Waals surface area (Å²) in [5.41, 5.74) is 0.829. The maximum Gasteiger partial charge on any atom is 0.184 e. The van der Waals surface area contributed by atoms with E-state index in [1.165, 1.54) is 7.11 Å². The van der Waals surface area contributed by atoms with Gasteiger partial charge in [-0.15, -0.1) is 0 Å². The van der Waals surface area contributed by atoms with Gasteiger partial charge in [-0.3, -0.25) is 0 Å². The van der Waals surface area contributed by atoms with Crippen molar-refractivity contribution in [1.29, 1.82) is 0 Å². The maximum absolute atomic E-state index is 9.57. The van der Waals surface area contributed by atoms with Gasteiger partial charge < -0.3 is 24.1 Å². The van der Waals surface area contributed by atoms with E-state index < -0.39 is 6.29 Å². The van der Waals surface area contributed by atoms with Gasteiger partial charge in [-0.1, -0.05) is 19.4 Å². The molecule has 20 heavy (non-hydrogen) atoms. The molecule has 1 saturated heterocycles. The molecule has 5 heteroatoms. The molecule has 1 N–H and O–H groups in total. The highest BCUT2D eigenvalue weighted by atomic mass is 16.7. The predicted octanol–water partition coefficient (Wildman–Crippen LogP) is 2.63. The van der Waals surface area contributed by atoms with E-state index in [4.69, 9.17) is 18.9 Å². The van der Waals surface area contributed by atoms with E-state index in [1.807, 2.05) is 0 Å². The van der Waals surface area contributed by atoms with Crippen molar-refractivity contribution < 1.29 is 24.1 Å². The van der Waals surface area contributed by atoms with E-state index >= 15 is 0 Å². The summed E-state index contributed by atoms with van der Waals surface area (Å²) in [6, 6.07) is 5.06. The van der Waals surface area contributed by atoms with E-state index in [-0.39, 0.29) is 11.9 Å². The molecule has 0 radical (unpaired) electrons. The van der Waals surface area contributed by atoms with Crippen molar-refractivity contribution >= 4 is 0 Å². The van der Waals surface area contributed by atoms with Gasteiger partial charge in [0.05, 0.1) is 20.3 Å². The van der Waals surface area contributed by atoms with E-state index in [0.29, 0.717) is 19.0 Å². The molecule has 1 aromatic carbocycles. The summed E-state index contributed by atoms with van der Waals surface area (Å²) >= 11 is 0. The van der Waals surface area contributed by atoms with Crippen LogP contribution in [0, 0.1) is 0 Å². The number of methoxy groups -OCH3 is 1. The topological polar surface area (TPSA) is 57.2 Å². The van der Waals surface area contributed by atoms with Gasteiger partial charge in [0.15, 0.2) is 17.8 Å². The number of unbranched alkanes of at least 4 members (excludes halogenated alkanes) is 1. The number of aromatic hydroxyl groups is 1. The average molecular weight is 282 g/mol. The molecule has 1 aromatic rings. The average Bonchev–Trinajstić information content (AvgIpc) is 2.93. The van der Waals surface area contributed by atoms with Gasteiger partial charge >= 0.3 is 0 Å². The third-order valence-corrected chi connectivity index (χ3v) is 3.17. The summed E-state index contributed by atoms with van der Waals surface area (Å²) in [6.07, 6.45) is 1.71. The van der Waals surface area contributed by atoms with Crippen molar-refractivity contribution in [2.75, 3.05) is 26.9 Å². The van der Waals surface area contributed by atoms with Crippen LogP contribution in [-0.4, -0.2) is 38.1 Å². The zero-order valence-corrected chi connectivity index (χ0v) is 12.0. The minimum absolute atomic E-state index is 0.0448. The number of rotatable bonds is 7. The van der Waals surface area contributed by atoms with Gasteiger partial charge in [0.2, 0.25) is 0 Å². The molecule has 1 aliphatic heterocycles. The lowest BCUT2D eigenvalue weighted by Crippen LogP contribution is -2.18. The minimum atomic E-state index is -0.427. The predicted molar refractivity (Wildman–Crippen MR) is 74.0 cm³/mol. The maximum atomic E-state index is 9.57. The number of phenolic OH excluding ortho intramolecular Hbond substituents is 1. The Morgan fingerprint density at radius 1 is 1.40 bits per heavy atom. The van der Waals surface area contributed by atoms with E-state index in [1.54, 1.807) is 18.2 Å². The molecule has 0 amide bonds. The number of hydrogen-bond acceptors (Lipinski definition) is 5. The highest BCUT2D eigenvalue weighted by Gasteiger charge is 2.28. The lowest BCUT2D eigenvalue weighted by Gasteiger charge is -2.13. The van der Waals surface area contributed by atoms with Crippen LogP contribution in [0.4, 0.5) is 0 Å². The van der Waals surface area contributed by atoms with Crippen LogP contribution >= 0.6 is 0 Å². The largest absolute Gasteiger partial charge is 0.504 e. The fourth-order valence-electron chi connectivity index (χ4n) is 2.01. The summed E-state index contributed by atoms with van der Waals surface area (Å²) in [6.45, 7) is 3.95. The summed E-state index contributed by atoms with van der Waals surface area (Å²) in [4.78, 5) is 0. The Balaban J connectivity index is 1.86. The highest BCUT2D eigenvalue weighted by Crippen LogP contribution is 2.33. The number of ether oxygens (including phenoxy) is 4. The first-order chi connectivity index (χ1) is 9.74. The van der Waals surface area contributed by atoms with Crippen LogP contribution < -0.4 is 4.74 Å². The molecule has 112 valence electrons. The second kappa shape index (κ2) is 7.47. The molecule has 0 aromatic heterocycles. The Bertz CT molecular complexity index is 421. The summed E-state index contributed by atoms with van der Waals surface area (Å²) in [7, 11) is 1.51. The number of phenols is 1. The quantitative estimate of drug-likeness (QED) is 0.779. The Kier molecular flexibility index (Phi) is 5.64. The van der Waals surface area contributed by atoms with Gasteiger partial charge in [0.25, 0.3) is 0 Å². The molecule has 0 aliphatic carbocycles. The lowest BCUT2D eigenvalue weighted by molar-refractivity contribution is -0.0739. The standard InChI is InChI=1S/C15H22O5/c1-3-4-7-18-9-12-10-19-15(20-12)11-5-6-13(16)14(8-11)17-2/h5-6,8,12,15-16H,3-4,7,9-10H2,1-2H3. The monoisotopic (exact) mass is 282 g/mol. The molecule has 2 unspecified atom stereocenters. The smallest absolute Gasteiger partial charge is 0.184 e. The van der Waals surface area contributed by atoms with E-state index in [9.17, 15) is 5.11 Å². The third kappa shape index (κ3) is 3.85. The van der Waals surface area contributed by atoms with E-state index in [0.717, 1.165) is 25.0 Å². The summed E-state index contributed by atoms with van der Waals surface area (Å²) in [5.74, 6) is 0.519. The SMILES string of the molecule is CCCCOCC1COC(c2ccc(O)c(OC)c2)O1. The van der Waals surface area contributed by atoms with Crippen LogP contribution in [0.1, 0.15) is 31.6 Å². The van der Waals surface area contributed by atoms with Gasteiger partial charge in [-0.25, -0.2) is 0 Å². The first-order valence-corrected chi connectivity index (χ1v) is 6.96. The van der Waals surface area contributed by atoms with Crippen molar-refractivity contribution in [2.24, 2.45) is 0 Å². The van der Waals surface area contributed by atoms with Gasteiger partial charge in [-0.05, 0) is 18.6 Å². The number of benzene rings is 1. The van der Waals surface area contributed by atoms with Crippen molar-refractivity contribution in [2.45, 2.75) is 32.2 Å². The zero-order chi connectivity index (χ0) is 14.4. The molecule has 1 heterocycles. The molecule has 5 nitrogen and oxygen atoms in total. The summed E-state index contributed by atoms with van der Waals surface area (Å²) < 4.78 is 22.0. The van der Waals surface area contributed by atoms with Crippen LogP contribution in [0.2, 0.25) is 0 Å². The van der Waals surface area contributed by atoms with Crippen LogP contribution in [-0.2, 0) is 14.2 Å². The first-order valence-electron chi connectivity index (χ1n) is 6.96. The zero-order valence-electron chi connectivity index (χ0n) is 12.0. The number of hydrogen-bond donors (Lipinski definition) is 1. The van der Waals surface area contributed by atoms with Crippen LogP contribution in [0.15, 0.2) is 18.2 Å². The van der Waals surface area contributed by atoms with Gasteiger partial charge in [0, 0.05) is 12.2 Å². The van der Waals surface area contributed by atoms with Crippen molar-refractivity contribution in [3.05, 3.63) is 23.8 Å². The fourth-order valence-corrected chi connectivity index (χ4v) is 2.01. The minimum Gasteiger partial charge on any atom is -0.504 e. The Hall–Kier alpha value is -1.30. The Morgan fingerprint density at radius 3 is 3.00 bits per heavy atom. The molecule has 0 saturated carbocycles. The molecular weight excluding hydrogens is 260 g/mol. The molecule has 2 atom stereocenters. The molecule has 1 aliphatic rings. The van der Waals surface area contributed by atoms with Crippen molar-refractivity contribution in [3.63, 3.8) is 0 Å². The van der Waals surface area contributed by atoms with Crippen LogP contribution in [0.25, 0.3) is 0 Å².